The Hall–Kier alpha value is -3.89. The van der Waals surface area contributed by atoms with Crippen molar-refractivity contribution in [3.63, 3.8) is 0 Å². The summed E-state index contributed by atoms with van der Waals surface area (Å²) in [7, 11) is 0. The molecule has 2 aliphatic rings. The van der Waals surface area contributed by atoms with Crippen molar-refractivity contribution in [1.29, 1.82) is 0 Å². The number of nitrogens with two attached hydrogens (primary N) is 1. The number of hydrogen-bond donors (Lipinski definition) is 2. The Labute approximate surface area is 167 Å². The summed E-state index contributed by atoms with van der Waals surface area (Å²) in [6, 6.07) is 9.33. The Morgan fingerprint density at radius 1 is 0.833 bits per heavy atom. The van der Waals surface area contributed by atoms with Crippen LogP contribution < -0.4 is 30.0 Å². The van der Waals surface area contributed by atoms with Crippen molar-refractivity contribution in [2.75, 3.05) is 24.6 Å². The number of nitrogens with one attached hydrogen (secondary N) is 1. The standard InChI is InChI=1S/C19H13F3N4O4/c20-19(21,22)15-16(9-1-3-11-13(5-9)29-7-27-11)25-18(26-17(15)23)24-10-2-4-12-14(6-10)30-8-28-12/h1-6H,7-8H2,(H3,23,24,25,26). The molecule has 3 heterocycles. The molecule has 2 aliphatic heterocycles. The van der Waals surface area contributed by atoms with Gasteiger partial charge in [-0.2, -0.15) is 18.2 Å². The van der Waals surface area contributed by atoms with E-state index in [2.05, 4.69) is 15.3 Å². The van der Waals surface area contributed by atoms with Crippen molar-refractivity contribution in [1.82, 2.24) is 9.97 Å². The van der Waals surface area contributed by atoms with E-state index in [0.29, 0.717) is 28.7 Å². The molecule has 3 N–H and O–H groups in total. The van der Waals surface area contributed by atoms with Crippen LogP contribution in [-0.2, 0) is 6.18 Å². The van der Waals surface area contributed by atoms with Gasteiger partial charge in [0.05, 0.1) is 5.69 Å². The molecule has 0 unspecified atom stereocenters. The van der Waals surface area contributed by atoms with Crippen LogP contribution >= 0.6 is 0 Å². The van der Waals surface area contributed by atoms with Gasteiger partial charge >= 0.3 is 6.18 Å². The summed E-state index contributed by atoms with van der Waals surface area (Å²) in [5.41, 5.74) is 4.84. The molecule has 0 saturated heterocycles. The molecule has 0 atom stereocenters. The highest BCUT2D eigenvalue weighted by Crippen LogP contribution is 2.43. The average Bonchev–Trinajstić information content (AvgIpc) is 3.34. The number of halogens is 3. The first kappa shape index (κ1) is 18.2. The molecule has 0 aliphatic carbocycles. The second-order valence-electron chi connectivity index (χ2n) is 6.41. The molecule has 0 radical (unpaired) electrons. The van der Waals surface area contributed by atoms with Crippen molar-refractivity contribution >= 4 is 17.5 Å². The number of nitrogen functional groups attached to an aromatic ring is 1. The van der Waals surface area contributed by atoms with Crippen LogP contribution in [0.25, 0.3) is 11.3 Å². The quantitative estimate of drug-likeness (QED) is 0.660. The lowest BCUT2D eigenvalue weighted by Crippen LogP contribution is -2.15. The van der Waals surface area contributed by atoms with Crippen molar-refractivity contribution in [2.45, 2.75) is 6.18 Å². The molecule has 11 heteroatoms. The van der Waals surface area contributed by atoms with Gasteiger partial charge in [-0.05, 0) is 30.3 Å². The number of hydrogen-bond acceptors (Lipinski definition) is 8. The van der Waals surface area contributed by atoms with Crippen LogP contribution in [0, 0.1) is 0 Å². The second-order valence-corrected chi connectivity index (χ2v) is 6.41. The van der Waals surface area contributed by atoms with Gasteiger partial charge in [0, 0.05) is 17.3 Å². The number of nitrogens with zero attached hydrogens (tertiary/aromatic N) is 2. The lowest BCUT2D eigenvalue weighted by atomic mass is 10.1. The van der Waals surface area contributed by atoms with E-state index in [-0.39, 0.29) is 30.8 Å². The summed E-state index contributed by atoms with van der Waals surface area (Å²) in [5, 5.41) is 2.85. The minimum atomic E-state index is -4.76. The largest absolute Gasteiger partial charge is 0.454 e. The van der Waals surface area contributed by atoms with E-state index in [1.54, 1.807) is 18.2 Å². The number of alkyl halides is 3. The molecule has 0 saturated carbocycles. The first-order valence-electron chi connectivity index (χ1n) is 8.70. The Morgan fingerprint density at radius 3 is 2.17 bits per heavy atom. The van der Waals surface area contributed by atoms with Crippen LogP contribution in [0.4, 0.5) is 30.6 Å². The van der Waals surface area contributed by atoms with Crippen LogP contribution in [0.1, 0.15) is 5.56 Å². The zero-order valence-corrected chi connectivity index (χ0v) is 15.1. The Kier molecular flexibility index (Phi) is 3.98. The third-order valence-electron chi connectivity index (χ3n) is 4.50. The molecule has 154 valence electrons. The SMILES string of the molecule is Nc1nc(Nc2ccc3c(c2)OCO3)nc(-c2ccc3c(c2)OCO3)c1C(F)(F)F. The molecule has 1 aromatic heterocycles. The maximum absolute atomic E-state index is 13.7. The molecule has 3 aromatic rings. The lowest BCUT2D eigenvalue weighted by Gasteiger charge is -2.16. The smallest absolute Gasteiger partial charge is 0.422 e. The molecule has 0 spiro atoms. The Bertz CT molecular complexity index is 1150. The summed E-state index contributed by atoms with van der Waals surface area (Å²) in [6.07, 6.45) is -4.76. The predicted molar refractivity (Wildman–Crippen MR) is 98.9 cm³/mol. The second kappa shape index (κ2) is 6.58. The summed E-state index contributed by atoms with van der Waals surface area (Å²) >= 11 is 0. The highest BCUT2D eigenvalue weighted by Gasteiger charge is 2.39. The van der Waals surface area contributed by atoms with E-state index in [1.807, 2.05) is 0 Å². The number of benzene rings is 2. The normalized spacial score (nSPS) is 14.1. The zero-order valence-electron chi connectivity index (χ0n) is 15.1. The summed E-state index contributed by atoms with van der Waals surface area (Å²) in [6.45, 7) is 0.0878. The van der Waals surface area contributed by atoms with Gasteiger partial charge in [-0.3, -0.25) is 0 Å². The average molecular weight is 418 g/mol. The fraction of sp³-hybridized carbons (Fsp3) is 0.158. The maximum atomic E-state index is 13.7. The number of aromatic nitrogens is 2. The summed E-state index contributed by atoms with van der Waals surface area (Å²) in [5.74, 6) is 1.02. The van der Waals surface area contributed by atoms with Gasteiger partial charge in [-0.15, -0.1) is 0 Å². The van der Waals surface area contributed by atoms with Gasteiger partial charge in [-0.25, -0.2) is 4.98 Å². The van der Waals surface area contributed by atoms with Crippen LogP contribution in [0.5, 0.6) is 23.0 Å². The van der Waals surface area contributed by atoms with Crippen LogP contribution in [0.15, 0.2) is 36.4 Å². The number of rotatable bonds is 3. The van der Waals surface area contributed by atoms with Crippen molar-refractivity contribution in [2.24, 2.45) is 0 Å². The van der Waals surface area contributed by atoms with Gasteiger partial charge < -0.3 is 30.0 Å². The highest BCUT2D eigenvalue weighted by molar-refractivity contribution is 5.73. The molecule has 5 rings (SSSR count). The fourth-order valence-electron chi connectivity index (χ4n) is 3.17. The number of anilines is 3. The number of ether oxygens (including phenoxy) is 4. The first-order chi connectivity index (χ1) is 14.4. The van der Waals surface area contributed by atoms with E-state index >= 15 is 0 Å². The van der Waals surface area contributed by atoms with Gasteiger partial charge in [-0.1, -0.05) is 0 Å². The third kappa shape index (κ3) is 3.13. The van der Waals surface area contributed by atoms with Crippen molar-refractivity contribution < 1.29 is 32.1 Å². The highest BCUT2D eigenvalue weighted by atomic mass is 19.4. The van der Waals surface area contributed by atoms with E-state index in [9.17, 15) is 13.2 Å². The molecule has 8 nitrogen and oxygen atoms in total. The Balaban J connectivity index is 1.58. The maximum Gasteiger partial charge on any atom is 0.422 e. The van der Waals surface area contributed by atoms with E-state index < -0.39 is 17.6 Å². The van der Waals surface area contributed by atoms with Crippen LogP contribution in [-0.4, -0.2) is 23.6 Å². The molecular formula is C19H13F3N4O4. The first-order valence-corrected chi connectivity index (χ1v) is 8.70. The fourth-order valence-corrected chi connectivity index (χ4v) is 3.17. The molecule has 30 heavy (non-hydrogen) atoms. The molecule has 0 fully saturated rings. The summed E-state index contributed by atoms with van der Waals surface area (Å²) < 4.78 is 62.2. The molecule has 0 amide bonds. The van der Waals surface area contributed by atoms with Crippen LogP contribution in [0.2, 0.25) is 0 Å². The lowest BCUT2D eigenvalue weighted by molar-refractivity contribution is -0.136. The third-order valence-corrected chi connectivity index (χ3v) is 4.50. The summed E-state index contributed by atoms with van der Waals surface area (Å²) in [4.78, 5) is 7.89. The Morgan fingerprint density at radius 2 is 1.47 bits per heavy atom. The van der Waals surface area contributed by atoms with E-state index in [0.717, 1.165) is 0 Å². The van der Waals surface area contributed by atoms with Gasteiger partial charge in [0.1, 0.15) is 11.4 Å². The van der Waals surface area contributed by atoms with Crippen molar-refractivity contribution in [3.05, 3.63) is 42.0 Å². The number of fused-ring (bicyclic) bond motifs is 2. The van der Waals surface area contributed by atoms with Gasteiger partial charge in [0.25, 0.3) is 0 Å². The molecule has 0 bridgehead atoms. The van der Waals surface area contributed by atoms with E-state index in [1.165, 1.54) is 18.2 Å². The zero-order chi connectivity index (χ0) is 20.9. The predicted octanol–water partition coefficient (Wildman–Crippen LogP) is 3.95. The van der Waals surface area contributed by atoms with Crippen LogP contribution in [0.3, 0.4) is 0 Å². The molecule has 2 aromatic carbocycles. The monoisotopic (exact) mass is 418 g/mol. The topological polar surface area (TPSA) is 101 Å². The minimum absolute atomic E-state index is 0.00620. The van der Waals surface area contributed by atoms with Gasteiger partial charge in [0.2, 0.25) is 19.5 Å². The van der Waals surface area contributed by atoms with Gasteiger partial charge in [0.15, 0.2) is 23.0 Å². The van der Waals surface area contributed by atoms with E-state index in [4.69, 9.17) is 24.7 Å². The van der Waals surface area contributed by atoms with Crippen molar-refractivity contribution in [3.8, 4) is 34.3 Å². The molecular weight excluding hydrogens is 405 g/mol. The minimum Gasteiger partial charge on any atom is -0.454 e.